The molecule has 0 radical (unpaired) electrons. The van der Waals surface area contributed by atoms with Crippen molar-refractivity contribution in [2.24, 2.45) is 0 Å². The van der Waals surface area contributed by atoms with Crippen molar-refractivity contribution in [3.8, 4) is 27.9 Å². The van der Waals surface area contributed by atoms with Crippen molar-refractivity contribution in [1.29, 1.82) is 5.41 Å². The van der Waals surface area contributed by atoms with Crippen LogP contribution in [-0.2, 0) is 0 Å². The van der Waals surface area contributed by atoms with Gasteiger partial charge in [-0.3, -0.25) is 0 Å². The van der Waals surface area contributed by atoms with E-state index >= 15 is 0 Å². The Bertz CT molecular complexity index is 3220. The van der Waals surface area contributed by atoms with Crippen LogP contribution in [0.2, 0.25) is 0 Å². The van der Waals surface area contributed by atoms with Gasteiger partial charge in [-0.15, -0.1) is 0 Å². The van der Waals surface area contributed by atoms with Crippen LogP contribution < -0.4 is 5.32 Å². The van der Waals surface area contributed by atoms with Gasteiger partial charge in [-0.1, -0.05) is 175 Å². The molecule has 1 heterocycles. The minimum Gasteiger partial charge on any atom is -0.355 e. The zero-order valence-corrected chi connectivity index (χ0v) is 33.9. The molecular weight excluding hydrogens is 727 g/mol. The van der Waals surface area contributed by atoms with Crippen LogP contribution in [-0.4, -0.2) is 11.3 Å². The molecule has 10 aromatic carbocycles. The fourth-order valence-corrected chi connectivity index (χ4v) is 8.73. The second-order valence-corrected chi connectivity index (χ2v) is 15.2. The Kier molecular flexibility index (Phi) is 10.5. The highest BCUT2D eigenvalue weighted by Gasteiger charge is 2.14. The third-order valence-electron chi connectivity index (χ3n) is 11.3. The second kappa shape index (κ2) is 16.6. The summed E-state index contributed by atoms with van der Waals surface area (Å²) in [6.45, 7) is 6.80. The van der Waals surface area contributed by atoms with E-state index in [1.54, 1.807) is 0 Å². The highest BCUT2D eigenvalue weighted by Crippen LogP contribution is 2.38. The Morgan fingerprint density at radius 1 is 0.350 bits per heavy atom. The van der Waals surface area contributed by atoms with Gasteiger partial charge < -0.3 is 15.3 Å². The molecule has 0 saturated heterocycles. The normalized spacial score (nSPS) is 11.0. The molecule has 0 amide bonds. The number of hydrogen-bond donors (Lipinski definition) is 2. The lowest BCUT2D eigenvalue weighted by Crippen LogP contribution is -1.98. The molecule has 11 aromatic rings. The van der Waals surface area contributed by atoms with Crippen molar-refractivity contribution in [3.63, 3.8) is 0 Å². The van der Waals surface area contributed by atoms with E-state index in [1.807, 2.05) is 0 Å². The quantitative estimate of drug-likeness (QED) is 0.133. The second-order valence-electron chi connectivity index (χ2n) is 15.2. The smallest absolute Gasteiger partial charge is 0.0541 e. The predicted molar refractivity (Wildman–Crippen MR) is 260 cm³/mol. The van der Waals surface area contributed by atoms with E-state index in [-0.39, 0.29) is 0 Å². The molecule has 60 heavy (non-hydrogen) atoms. The number of anilines is 2. The number of para-hydroxylation sites is 2. The van der Waals surface area contributed by atoms with Crippen LogP contribution in [0.1, 0.15) is 11.1 Å². The summed E-state index contributed by atoms with van der Waals surface area (Å²) in [6, 6.07) is 76.1. The van der Waals surface area contributed by atoms with Crippen LogP contribution >= 0.6 is 0 Å². The lowest BCUT2D eigenvalue weighted by Gasteiger charge is -2.15. The van der Waals surface area contributed by atoms with Gasteiger partial charge in [-0.2, -0.15) is 0 Å². The highest BCUT2D eigenvalue weighted by atomic mass is 15.0. The highest BCUT2D eigenvalue weighted by molar-refractivity contribution is 6.25. The minimum absolute atomic E-state index is 1.08. The Balaban J connectivity index is 0.000000185. The van der Waals surface area contributed by atoms with Gasteiger partial charge in [-0.25, -0.2) is 0 Å². The fourth-order valence-electron chi connectivity index (χ4n) is 8.73. The molecule has 0 spiro atoms. The topological polar surface area (TPSA) is 40.8 Å². The van der Waals surface area contributed by atoms with Crippen molar-refractivity contribution in [1.82, 2.24) is 4.57 Å². The summed E-state index contributed by atoms with van der Waals surface area (Å²) < 4.78 is 2.38. The van der Waals surface area contributed by atoms with E-state index in [0.29, 0.717) is 0 Å². The fraction of sp³-hybridized carbons (Fsp3) is 0.0351. The van der Waals surface area contributed by atoms with Gasteiger partial charge in [-0.05, 0) is 123 Å². The van der Waals surface area contributed by atoms with E-state index < -0.39 is 0 Å². The Morgan fingerprint density at radius 2 is 0.833 bits per heavy atom. The zero-order chi connectivity index (χ0) is 41.0. The number of aryl methyl sites for hydroxylation is 2. The third-order valence-corrected chi connectivity index (χ3v) is 11.3. The van der Waals surface area contributed by atoms with Crippen molar-refractivity contribution in [2.75, 3.05) is 5.32 Å². The Morgan fingerprint density at radius 3 is 1.43 bits per heavy atom. The molecule has 2 N–H and O–H groups in total. The van der Waals surface area contributed by atoms with E-state index in [0.717, 1.165) is 17.1 Å². The maximum Gasteiger partial charge on any atom is 0.0541 e. The van der Waals surface area contributed by atoms with Crippen molar-refractivity contribution < 1.29 is 0 Å². The van der Waals surface area contributed by atoms with E-state index in [2.05, 4.69) is 243 Å². The lowest BCUT2D eigenvalue weighted by atomic mass is 9.94. The summed E-state index contributed by atoms with van der Waals surface area (Å²) in [6.07, 6.45) is 0. The minimum atomic E-state index is 1.08. The summed E-state index contributed by atoms with van der Waals surface area (Å²) in [4.78, 5) is 0. The van der Waals surface area contributed by atoms with Crippen molar-refractivity contribution >= 4 is 72.2 Å². The average Bonchev–Trinajstić information content (AvgIpc) is 3.65. The lowest BCUT2D eigenvalue weighted by molar-refractivity contribution is 1.17. The Hall–Kier alpha value is -7.75. The molecule has 0 saturated carbocycles. The summed E-state index contributed by atoms with van der Waals surface area (Å²) in [5.74, 6) is 0. The van der Waals surface area contributed by atoms with Gasteiger partial charge in [0, 0.05) is 27.8 Å². The molecule has 0 atom stereocenters. The van der Waals surface area contributed by atoms with Crippen LogP contribution in [0.5, 0.6) is 0 Å². The van der Waals surface area contributed by atoms with Crippen molar-refractivity contribution in [3.05, 3.63) is 223 Å². The number of nitrogens with one attached hydrogen (secondary N) is 2. The van der Waals surface area contributed by atoms with Crippen molar-refractivity contribution in [2.45, 2.75) is 13.8 Å². The predicted octanol–water partition coefficient (Wildman–Crippen LogP) is 15.9. The number of fused-ring (bicyclic) bond motifs is 9. The summed E-state index contributed by atoms with van der Waals surface area (Å²) in [7, 11) is 0. The monoisotopic (exact) mass is 771 g/mol. The van der Waals surface area contributed by atoms with Crippen LogP contribution in [0.3, 0.4) is 0 Å². The van der Waals surface area contributed by atoms with Gasteiger partial charge in [0.05, 0.1) is 11.0 Å². The summed E-state index contributed by atoms with van der Waals surface area (Å²) in [5.41, 5.74) is 13.4. The first-order chi connectivity index (χ1) is 29.6. The molecule has 288 valence electrons. The zero-order valence-electron chi connectivity index (χ0n) is 33.9. The molecule has 11 rings (SSSR count). The SMILES string of the molecule is C=N.Cc1cc(Nc2ccc3c4ccccc4c4ccccc4c3c2)cc(-n2c3ccccc3c3ccccc32)c1.Cc1cccc(-c2ccccc2-c2ccccc2)c1. The number of hydrogen-bond acceptors (Lipinski definition) is 2. The largest absolute Gasteiger partial charge is 0.355 e. The molecule has 0 aliphatic rings. The molecule has 0 bridgehead atoms. The first-order valence-corrected chi connectivity index (χ1v) is 20.4. The molecule has 0 fully saturated rings. The van der Waals surface area contributed by atoms with Crippen LogP contribution in [0, 0.1) is 19.3 Å². The molecule has 3 nitrogen and oxygen atoms in total. The maximum absolute atomic E-state index is 5.50. The number of nitrogens with zero attached hydrogens (tertiary/aromatic N) is 1. The number of benzene rings is 10. The molecular formula is C57H45N3. The van der Waals surface area contributed by atoms with Gasteiger partial charge in [0.15, 0.2) is 0 Å². The standard InChI is InChI=1S/C37H26N2.C19H16.CH3N/c1-24-20-26(22-27(21-24)39-36-16-8-6-14-33(36)34-15-7-9-17-37(34)39)38-25-18-19-32-30-12-3-2-10-28(30)29-11-4-5-13-31(29)35(32)23-25;1-15-8-7-11-17(14-15)19-13-6-5-12-18(19)16-9-3-2-4-10-16;1-2/h2-23,38H,1H3;2-14H,1H3;2H,1H2. The van der Waals surface area contributed by atoms with E-state index in [4.69, 9.17) is 5.41 Å². The van der Waals surface area contributed by atoms with Gasteiger partial charge in [0.25, 0.3) is 0 Å². The van der Waals surface area contributed by atoms with E-state index in [1.165, 1.54) is 87.5 Å². The first kappa shape index (κ1) is 37.8. The first-order valence-electron chi connectivity index (χ1n) is 20.4. The molecule has 0 unspecified atom stereocenters. The summed E-state index contributed by atoms with van der Waals surface area (Å²) in [5, 5.41) is 19.5. The molecule has 1 aromatic heterocycles. The molecule has 0 aliphatic carbocycles. The van der Waals surface area contributed by atoms with Gasteiger partial charge >= 0.3 is 0 Å². The van der Waals surface area contributed by atoms with Gasteiger partial charge in [0.2, 0.25) is 0 Å². The maximum atomic E-state index is 5.50. The van der Waals surface area contributed by atoms with Gasteiger partial charge in [0.1, 0.15) is 0 Å². The van der Waals surface area contributed by atoms with Crippen LogP contribution in [0.15, 0.2) is 212 Å². The number of rotatable bonds is 5. The summed E-state index contributed by atoms with van der Waals surface area (Å²) >= 11 is 0. The average molecular weight is 772 g/mol. The Labute approximate surface area is 351 Å². The van der Waals surface area contributed by atoms with Crippen LogP contribution in [0.25, 0.3) is 82.1 Å². The third kappa shape index (κ3) is 7.18. The van der Waals surface area contributed by atoms with Crippen LogP contribution in [0.4, 0.5) is 11.4 Å². The van der Waals surface area contributed by atoms with E-state index in [9.17, 15) is 0 Å². The molecule has 0 aliphatic heterocycles. The molecule has 3 heteroatoms. The number of aromatic nitrogens is 1.